The number of aromatic nitrogens is 1. The summed E-state index contributed by atoms with van der Waals surface area (Å²) < 4.78 is 5.84. The van der Waals surface area contributed by atoms with E-state index in [1.54, 1.807) is 6.07 Å². The van der Waals surface area contributed by atoms with Crippen LogP contribution in [0, 0.1) is 6.92 Å². The minimum Gasteiger partial charge on any atom is -0.439 e. The largest absolute Gasteiger partial charge is 0.439 e. The number of pyridine rings is 1. The summed E-state index contributed by atoms with van der Waals surface area (Å²) in [5.41, 5.74) is 2.03. The summed E-state index contributed by atoms with van der Waals surface area (Å²) in [7, 11) is 0. The summed E-state index contributed by atoms with van der Waals surface area (Å²) in [5, 5.41) is 4.06. The normalized spacial score (nSPS) is 11.5. The van der Waals surface area contributed by atoms with Gasteiger partial charge in [-0.3, -0.25) is 0 Å². The van der Waals surface area contributed by atoms with Gasteiger partial charge < -0.3 is 10.1 Å². The van der Waals surface area contributed by atoms with Crippen LogP contribution >= 0.6 is 11.6 Å². The molecule has 0 unspecified atom stereocenters. The molecule has 1 heterocycles. The fourth-order valence-electron chi connectivity index (χ4n) is 1.77. The highest BCUT2D eigenvalue weighted by Gasteiger charge is 2.10. The lowest BCUT2D eigenvalue weighted by Crippen LogP contribution is -2.35. The van der Waals surface area contributed by atoms with E-state index in [1.807, 2.05) is 37.3 Å². The van der Waals surface area contributed by atoms with Crippen molar-refractivity contribution in [3.8, 4) is 11.6 Å². The van der Waals surface area contributed by atoms with Crippen molar-refractivity contribution in [3.05, 3.63) is 52.7 Å². The molecule has 1 N–H and O–H groups in total. The molecular weight excluding hydrogens is 284 g/mol. The SMILES string of the molecule is Cc1ccc(Cl)cc1Oc1cccc(CNC(C)(C)C)n1. The summed E-state index contributed by atoms with van der Waals surface area (Å²) in [5.74, 6) is 1.31. The Morgan fingerprint density at radius 2 is 1.95 bits per heavy atom. The number of hydrogen-bond acceptors (Lipinski definition) is 3. The quantitative estimate of drug-likeness (QED) is 0.887. The molecule has 0 aliphatic carbocycles. The first-order chi connectivity index (χ1) is 9.83. The van der Waals surface area contributed by atoms with Crippen LogP contribution in [-0.4, -0.2) is 10.5 Å². The second-order valence-corrected chi connectivity index (χ2v) is 6.52. The fourth-order valence-corrected chi connectivity index (χ4v) is 1.93. The number of ether oxygens (including phenoxy) is 1. The molecule has 0 fully saturated rings. The Labute approximate surface area is 131 Å². The molecule has 0 aliphatic heterocycles. The summed E-state index contributed by atoms with van der Waals surface area (Å²) in [6.45, 7) is 9.07. The van der Waals surface area contributed by atoms with Crippen LogP contribution in [0.2, 0.25) is 5.02 Å². The Balaban J connectivity index is 2.12. The van der Waals surface area contributed by atoms with Crippen molar-refractivity contribution in [2.45, 2.75) is 39.8 Å². The first kappa shape index (κ1) is 15.8. The topological polar surface area (TPSA) is 34.1 Å². The fraction of sp³-hybridized carbons (Fsp3) is 0.353. The molecule has 2 aromatic rings. The molecule has 0 saturated heterocycles. The standard InChI is InChI=1S/C17H21ClN2O/c1-12-8-9-13(18)10-15(12)21-16-7-5-6-14(20-16)11-19-17(2,3)4/h5-10,19H,11H2,1-4H3. The Kier molecular flexibility index (Phi) is 4.86. The third-order valence-electron chi connectivity index (χ3n) is 2.95. The van der Waals surface area contributed by atoms with Gasteiger partial charge in [0.15, 0.2) is 0 Å². The summed E-state index contributed by atoms with van der Waals surface area (Å²) in [6, 6.07) is 11.4. The van der Waals surface area contributed by atoms with Crippen LogP contribution in [0.15, 0.2) is 36.4 Å². The number of benzene rings is 1. The molecule has 0 atom stereocenters. The number of hydrogen-bond donors (Lipinski definition) is 1. The van der Waals surface area contributed by atoms with E-state index in [4.69, 9.17) is 16.3 Å². The van der Waals surface area contributed by atoms with Crippen LogP contribution in [0.25, 0.3) is 0 Å². The van der Waals surface area contributed by atoms with Gasteiger partial charge in [0.05, 0.1) is 5.69 Å². The van der Waals surface area contributed by atoms with Crippen LogP contribution in [-0.2, 0) is 6.54 Å². The number of nitrogens with zero attached hydrogens (tertiary/aromatic N) is 1. The van der Waals surface area contributed by atoms with E-state index < -0.39 is 0 Å². The Morgan fingerprint density at radius 1 is 1.19 bits per heavy atom. The molecule has 3 nitrogen and oxygen atoms in total. The monoisotopic (exact) mass is 304 g/mol. The van der Waals surface area contributed by atoms with Crippen molar-refractivity contribution in [2.24, 2.45) is 0 Å². The lowest BCUT2D eigenvalue weighted by Gasteiger charge is -2.20. The number of halogens is 1. The molecule has 0 spiro atoms. The van der Waals surface area contributed by atoms with Crippen LogP contribution < -0.4 is 10.1 Å². The summed E-state index contributed by atoms with van der Waals surface area (Å²) in [6.07, 6.45) is 0. The smallest absolute Gasteiger partial charge is 0.219 e. The first-order valence-corrected chi connectivity index (χ1v) is 7.36. The van der Waals surface area contributed by atoms with Gasteiger partial charge in [0, 0.05) is 23.2 Å². The van der Waals surface area contributed by atoms with Crippen molar-refractivity contribution in [2.75, 3.05) is 0 Å². The molecule has 0 bridgehead atoms. The molecular formula is C17H21ClN2O. The van der Waals surface area contributed by atoms with Gasteiger partial charge in [0.2, 0.25) is 5.88 Å². The van der Waals surface area contributed by atoms with E-state index in [9.17, 15) is 0 Å². The van der Waals surface area contributed by atoms with Gasteiger partial charge in [0.1, 0.15) is 5.75 Å². The molecule has 0 saturated carbocycles. The summed E-state index contributed by atoms with van der Waals surface area (Å²) in [4.78, 5) is 4.51. The summed E-state index contributed by atoms with van der Waals surface area (Å²) >= 11 is 6.00. The minimum absolute atomic E-state index is 0.0576. The van der Waals surface area contributed by atoms with Crippen molar-refractivity contribution >= 4 is 11.6 Å². The van der Waals surface area contributed by atoms with Crippen molar-refractivity contribution in [1.82, 2.24) is 10.3 Å². The average Bonchev–Trinajstić information content (AvgIpc) is 2.40. The predicted octanol–water partition coefficient (Wildman–Crippen LogP) is 4.72. The molecule has 0 radical (unpaired) electrons. The van der Waals surface area contributed by atoms with E-state index in [1.165, 1.54) is 0 Å². The molecule has 1 aromatic carbocycles. The van der Waals surface area contributed by atoms with Gasteiger partial charge in [-0.15, -0.1) is 0 Å². The highest BCUT2D eigenvalue weighted by Crippen LogP contribution is 2.26. The maximum Gasteiger partial charge on any atom is 0.219 e. The Bertz CT molecular complexity index is 620. The number of rotatable bonds is 4. The third kappa shape index (κ3) is 5.03. The molecule has 112 valence electrons. The van der Waals surface area contributed by atoms with Gasteiger partial charge in [-0.25, -0.2) is 4.98 Å². The highest BCUT2D eigenvalue weighted by atomic mass is 35.5. The predicted molar refractivity (Wildman–Crippen MR) is 87.1 cm³/mol. The van der Waals surface area contributed by atoms with Crippen LogP contribution in [0.1, 0.15) is 32.0 Å². The van der Waals surface area contributed by atoms with E-state index in [0.29, 0.717) is 17.4 Å². The van der Waals surface area contributed by atoms with Gasteiger partial charge in [-0.1, -0.05) is 23.7 Å². The van der Waals surface area contributed by atoms with E-state index in [-0.39, 0.29) is 5.54 Å². The zero-order valence-corrected chi connectivity index (χ0v) is 13.7. The zero-order chi connectivity index (χ0) is 15.5. The second-order valence-electron chi connectivity index (χ2n) is 6.08. The van der Waals surface area contributed by atoms with Crippen LogP contribution in [0.4, 0.5) is 0 Å². The first-order valence-electron chi connectivity index (χ1n) is 6.98. The van der Waals surface area contributed by atoms with Gasteiger partial charge >= 0.3 is 0 Å². The lowest BCUT2D eigenvalue weighted by atomic mass is 10.1. The van der Waals surface area contributed by atoms with E-state index in [2.05, 4.69) is 31.1 Å². The van der Waals surface area contributed by atoms with Crippen molar-refractivity contribution in [3.63, 3.8) is 0 Å². The molecule has 0 aliphatic rings. The average molecular weight is 305 g/mol. The van der Waals surface area contributed by atoms with Crippen LogP contribution in [0.5, 0.6) is 11.6 Å². The Hall–Kier alpha value is -1.58. The van der Waals surface area contributed by atoms with Crippen molar-refractivity contribution in [1.29, 1.82) is 0 Å². The lowest BCUT2D eigenvalue weighted by molar-refractivity contribution is 0.415. The van der Waals surface area contributed by atoms with E-state index >= 15 is 0 Å². The molecule has 4 heteroatoms. The molecule has 2 rings (SSSR count). The second kappa shape index (κ2) is 6.46. The number of nitrogens with one attached hydrogen (secondary N) is 1. The third-order valence-corrected chi connectivity index (χ3v) is 3.18. The van der Waals surface area contributed by atoms with Gasteiger partial charge in [-0.2, -0.15) is 0 Å². The molecule has 0 amide bonds. The molecule has 1 aromatic heterocycles. The van der Waals surface area contributed by atoms with Crippen LogP contribution in [0.3, 0.4) is 0 Å². The maximum atomic E-state index is 6.00. The molecule has 21 heavy (non-hydrogen) atoms. The minimum atomic E-state index is 0.0576. The van der Waals surface area contributed by atoms with E-state index in [0.717, 1.165) is 17.0 Å². The van der Waals surface area contributed by atoms with Gasteiger partial charge in [0.25, 0.3) is 0 Å². The maximum absolute atomic E-state index is 6.00. The van der Waals surface area contributed by atoms with Crippen molar-refractivity contribution < 1.29 is 4.74 Å². The Morgan fingerprint density at radius 3 is 2.67 bits per heavy atom. The zero-order valence-electron chi connectivity index (χ0n) is 12.9. The highest BCUT2D eigenvalue weighted by molar-refractivity contribution is 6.30. The van der Waals surface area contributed by atoms with Gasteiger partial charge in [-0.05, 0) is 51.5 Å². The number of aryl methyl sites for hydroxylation is 1.